The number of phenols is 1. The molecular weight excluding hydrogens is 230 g/mol. The van der Waals surface area contributed by atoms with Gasteiger partial charge in [0.15, 0.2) is 0 Å². The first-order valence-electron chi connectivity index (χ1n) is 6.11. The molecule has 1 aliphatic carbocycles. The zero-order valence-electron chi connectivity index (χ0n) is 10.9. The molecular formula is C14H19NO3. The lowest BCUT2D eigenvalue weighted by Crippen LogP contribution is -2.61. The minimum absolute atomic E-state index is 0.00629. The Labute approximate surface area is 107 Å². The summed E-state index contributed by atoms with van der Waals surface area (Å²) in [6.45, 7) is 5.67. The fraction of sp³-hybridized carbons (Fsp3) is 0.500. The Bertz CT molecular complexity index is 482. The highest BCUT2D eigenvalue weighted by Crippen LogP contribution is 2.40. The van der Waals surface area contributed by atoms with Crippen molar-refractivity contribution < 1.29 is 15.0 Å². The lowest BCUT2D eigenvalue weighted by Gasteiger charge is -2.49. The molecule has 98 valence electrons. The quantitative estimate of drug-likeness (QED) is 0.745. The van der Waals surface area contributed by atoms with Gasteiger partial charge in [0, 0.05) is 17.0 Å². The average Bonchev–Trinajstić information content (AvgIpc) is 2.28. The minimum atomic E-state index is -0.358. The Kier molecular flexibility index (Phi) is 3.07. The van der Waals surface area contributed by atoms with E-state index in [1.165, 1.54) is 6.07 Å². The fourth-order valence-corrected chi connectivity index (χ4v) is 2.29. The number of aryl methyl sites for hydroxylation is 1. The maximum absolute atomic E-state index is 12.1. The highest BCUT2D eigenvalue weighted by atomic mass is 16.3. The Morgan fingerprint density at radius 3 is 2.61 bits per heavy atom. The molecule has 1 amide bonds. The van der Waals surface area contributed by atoms with E-state index >= 15 is 0 Å². The van der Waals surface area contributed by atoms with Crippen LogP contribution >= 0.6 is 0 Å². The molecule has 1 aliphatic rings. The van der Waals surface area contributed by atoms with Crippen LogP contribution in [0.15, 0.2) is 18.2 Å². The summed E-state index contributed by atoms with van der Waals surface area (Å²) in [4.78, 5) is 12.1. The number of benzene rings is 1. The maximum atomic E-state index is 12.1. The zero-order chi connectivity index (χ0) is 13.5. The first-order valence-corrected chi connectivity index (χ1v) is 6.11. The van der Waals surface area contributed by atoms with Gasteiger partial charge in [-0.25, -0.2) is 0 Å². The maximum Gasteiger partial charge on any atom is 0.251 e. The average molecular weight is 249 g/mol. The van der Waals surface area contributed by atoms with Crippen molar-refractivity contribution in [2.24, 2.45) is 5.41 Å². The monoisotopic (exact) mass is 249 g/mol. The molecule has 1 aromatic carbocycles. The van der Waals surface area contributed by atoms with Crippen molar-refractivity contribution in [3.8, 4) is 5.75 Å². The molecule has 0 aliphatic heterocycles. The van der Waals surface area contributed by atoms with Gasteiger partial charge in [-0.3, -0.25) is 4.79 Å². The summed E-state index contributed by atoms with van der Waals surface area (Å²) in [7, 11) is 0. The van der Waals surface area contributed by atoms with Crippen molar-refractivity contribution in [3.63, 3.8) is 0 Å². The van der Waals surface area contributed by atoms with Crippen molar-refractivity contribution in [2.75, 3.05) is 0 Å². The number of aromatic hydroxyl groups is 1. The van der Waals surface area contributed by atoms with Crippen LogP contribution in [0.25, 0.3) is 0 Å². The predicted octanol–water partition coefficient (Wildman–Crippen LogP) is 1.59. The van der Waals surface area contributed by atoms with Crippen LogP contribution < -0.4 is 5.32 Å². The molecule has 4 heteroatoms. The van der Waals surface area contributed by atoms with Gasteiger partial charge in [-0.05, 0) is 37.1 Å². The molecule has 2 rings (SSSR count). The summed E-state index contributed by atoms with van der Waals surface area (Å²) >= 11 is 0. The molecule has 1 saturated carbocycles. The smallest absolute Gasteiger partial charge is 0.251 e. The molecule has 0 radical (unpaired) electrons. The SMILES string of the molecule is Cc1cc(O)ccc1C(=O)NC1CC(O)C1(C)C. The lowest BCUT2D eigenvalue weighted by molar-refractivity contribution is -0.0689. The van der Waals surface area contributed by atoms with Gasteiger partial charge in [-0.1, -0.05) is 13.8 Å². The summed E-state index contributed by atoms with van der Waals surface area (Å²) in [6.07, 6.45) is 0.235. The van der Waals surface area contributed by atoms with Crippen molar-refractivity contribution in [1.29, 1.82) is 0 Å². The summed E-state index contributed by atoms with van der Waals surface area (Å²) in [5, 5.41) is 21.9. The first-order chi connectivity index (χ1) is 8.32. The van der Waals surface area contributed by atoms with E-state index in [1.54, 1.807) is 19.1 Å². The minimum Gasteiger partial charge on any atom is -0.508 e. The van der Waals surface area contributed by atoms with E-state index in [0.29, 0.717) is 12.0 Å². The van der Waals surface area contributed by atoms with Crippen LogP contribution in [0, 0.1) is 12.3 Å². The molecule has 1 fully saturated rings. The second kappa shape index (κ2) is 4.28. The zero-order valence-corrected chi connectivity index (χ0v) is 10.9. The first kappa shape index (κ1) is 12.9. The molecule has 18 heavy (non-hydrogen) atoms. The molecule has 2 atom stereocenters. The highest BCUT2D eigenvalue weighted by Gasteiger charge is 2.48. The van der Waals surface area contributed by atoms with E-state index in [2.05, 4.69) is 5.32 Å². The van der Waals surface area contributed by atoms with Gasteiger partial charge in [0.05, 0.1) is 6.10 Å². The van der Waals surface area contributed by atoms with E-state index < -0.39 is 0 Å². The molecule has 0 spiro atoms. The number of nitrogens with one attached hydrogen (secondary N) is 1. The topological polar surface area (TPSA) is 69.6 Å². The van der Waals surface area contributed by atoms with E-state index in [0.717, 1.165) is 5.56 Å². The van der Waals surface area contributed by atoms with Gasteiger partial charge in [0.1, 0.15) is 5.75 Å². The second-order valence-corrected chi connectivity index (χ2v) is 5.60. The fourth-order valence-electron chi connectivity index (χ4n) is 2.29. The Hall–Kier alpha value is -1.55. The largest absolute Gasteiger partial charge is 0.508 e. The molecule has 1 aromatic rings. The highest BCUT2D eigenvalue weighted by molar-refractivity contribution is 5.96. The van der Waals surface area contributed by atoms with Gasteiger partial charge in [-0.2, -0.15) is 0 Å². The van der Waals surface area contributed by atoms with Crippen LogP contribution in [-0.4, -0.2) is 28.3 Å². The van der Waals surface area contributed by atoms with Crippen LogP contribution in [-0.2, 0) is 0 Å². The number of carbonyl (C=O) groups is 1. The molecule has 0 aromatic heterocycles. The van der Waals surface area contributed by atoms with E-state index in [9.17, 15) is 15.0 Å². The third kappa shape index (κ3) is 2.08. The third-order valence-electron chi connectivity index (χ3n) is 3.98. The third-order valence-corrected chi connectivity index (χ3v) is 3.98. The normalized spacial score (nSPS) is 25.3. The van der Waals surface area contributed by atoms with E-state index in [-0.39, 0.29) is 29.2 Å². The van der Waals surface area contributed by atoms with Crippen LogP contribution in [0.5, 0.6) is 5.75 Å². The predicted molar refractivity (Wildman–Crippen MR) is 68.5 cm³/mol. The summed E-state index contributed by atoms with van der Waals surface area (Å²) in [5.41, 5.74) is 1.02. The molecule has 4 nitrogen and oxygen atoms in total. The van der Waals surface area contributed by atoms with Gasteiger partial charge in [0.25, 0.3) is 5.91 Å². The van der Waals surface area contributed by atoms with E-state index in [4.69, 9.17) is 0 Å². The molecule has 0 bridgehead atoms. The van der Waals surface area contributed by atoms with Gasteiger partial charge >= 0.3 is 0 Å². The summed E-state index contributed by atoms with van der Waals surface area (Å²) in [5.74, 6) is 0.000853. The van der Waals surface area contributed by atoms with Crippen LogP contribution in [0.2, 0.25) is 0 Å². The number of aliphatic hydroxyl groups is 1. The lowest BCUT2D eigenvalue weighted by atomic mass is 9.64. The van der Waals surface area contributed by atoms with E-state index in [1.807, 2.05) is 13.8 Å². The van der Waals surface area contributed by atoms with Crippen molar-refractivity contribution in [3.05, 3.63) is 29.3 Å². The van der Waals surface area contributed by atoms with Crippen LogP contribution in [0.4, 0.5) is 0 Å². The standard InChI is InChI=1S/C14H19NO3/c1-8-6-9(16)4-5-10(8)13(18)15-11-7-12(17)14(11,2)3/h4-6,11-12,16-17H,7H2,1-3H3,(H,15,18). The number of rotatable bonds is 2. The van der Waals surface area contributed by atoms with Crippen molar-refractivity contribution >= 4 is 5.91 Å². The number of aliphatic hydroxyl groups excluding tert-OH is 1. The number of phenolic OH excluding ortho intramolecular Hbond substituents is 1. The Morgan fingerprint density at radius 1 is 1.44 bits per heavy atom. The van der Waals surface area contributed by atoms with Gasteiger partial charge in [-0.15, -0.1) is 0 Å². The van der Waals surface area contributed by atoms with Crippen LogP contribution in [0.1, 0.15) is 36.2 Å². The number of carbonyl (C=O) groups excluding carboxylic acids is 1. The molecule has 0 saturated heterocycles. The van der Waals surface area contributed by atoms with Gasteiger partial charge < -0.3 is 15.5 Å². The Balaban J connectivity index is 2.09. The van der Waals surface area contributed by atoms with Gasteiger partial charge in [0.2, 0.25) is 0 Å². The molecule has 0 heterocycles. The Morgan fingerprint density at radius 2 is 2.11 bits per heavy atom. The molecule has 2 unspecified atom stereocenters. The number of hydrogen-bond donors (Lipinski definition) is 3. The van der Waals surface area contributed by atoms with Crippen molar-refractivity contribution in [1.82, 2.24) is 5.32 Å². The number of amides is 1. The summed E-state index contributed by atoms with van der Waals surface area (Å²) in [6, 6.07) is 4.67. The van der Waals surface area contributed by atoms with Crippen LogP contribution in [0.3, 0.4) is 0 Å². The number of hydrogen-bond acceptors (Lipinski definition) is 3. The summed E-state index contributed by atoms with van der Waals surface area (Å²) < 4.78 is 0. The van der Waals surface area contributed by atoms with Crippen molar-refractivity contribution in [2.45, 2.75) is 39.3 Å². The second-order valence-electron chi connectivity index (χ2n) is 5.60. The molecule has 3 N–H and O–H groups in total.